The van der Waals surface area contributed by atoms with Crippen molar-refractivity contribution in [2.24, 2.45) is 0 Å². The van der Waals surface area contributed by atoms with Gasteiger partial charge in [-0.2, -0.15) is 0 Å². The summed E-state index contributed by atoms with van der Waals surface area (Å²) in [6.07, 6.45) is -0.738. The van der Waals surface area contributed by atoms with Crippen LogP contribution >= 0.6 is 11.6 Å². The highest BCUT2D eigenvalue weighted by Gasteiger charge is 2.16. The van der Waals surface area contributed by atoms with Gasteiger partial charge in [0.1, 0.15) is 0 Å². The molecule has 1 aromatic heterocycles. The van der Waals surface area contributed by atoms with E-state index in [1.807, 2.05) is 0 Å². The summed E-state index contributed by atoms with van der Waals surface area (Å²) in [4.78, 5) is 43.1. The van der Waals surface area contributed by atoms with E-state index in [1.165, 1.54) is 0 Å². The molecule has 0 radical (unpaired) electrons. The Morgan fingerprint density at radius 2 is 1.89 bits per heavy atom. The van der Waals surface area contributed by atoms with Gasteiger partial charge < -0.3 is 15.0 Å². The third kappa shape index (κ3) is 4.75. The predicted molar refractivity (Wildman–Crippen MR) is 105 cm³/mol. The maximum atomic E-state index is 12.1. The normalized spacial score (nSPS) is 11.8. The van der Waals surface area contributed by atoms with Gasteiger partial charge in [-0.25, -0.2) is 4.98 Å². The number of amides is 1. The van der Waals surface area contributed by atoms with E-state index in [0.29, 0.717) is 21.5 Å². The third-order valence-corrected chi connectivity index (χ3v) is 4.30. The zero-order chi connectivity index (χ0) is 20.1. The van der Waals surface area contributed by atoms with E-state index >= 15 is 0 Å². The number of nitrogens with zero attached hydrogens (tertiary/aromatic N) is 1. The summed E-state index contributed by atoms with van der Waals surface area (Å²) in [6.45, 7) is 1.74. The fraction of sp³-hybridized carbons (Fsp3) is 0.200. The predicted octanol–water partition coefficient (Wildman–Crippen LogP) is 3.00. The number of carbonyl (C=O) groups excluding carboxylic acids is 2. The Balaban J connectivity index is 1.54. The summed E-state index contributed by atoms with van der Waals surface area (Å²) < 4.78 is 5.30. The fourth-order valence-corrected chi connectivity index (χ4v) is 2.72. The number of halogens is 1. The maximum Gasteiger partial charge on any atom is 0.308 e. The van der Waals surface area contributed by atoms with E-state index in [1.54, 1.807) is 55.5 Å². The smallest absolute Gasteiger partial charge is 0.308 e. The van der Waals surface area contributed by atoms with Crippen molar-refractivity contribution in [2.75, 3.05) is 6.54 Å². The van der Waals surface area contributed by atoms with Crippen molar-refractivity contribution in [3.63, 3.8) is 0 Å². The lowest BCUT2D eigenvalue weighted by Gasteiger charge is -2.13. The molecule has 3 rings (SSSR count). The largest absolute Gasteiger partial charge is 0.454 e. The molecule has 0 unspecified atom stereocenters. The Morgan fingerprint density at radius 1 is 1.18 bits per heavy atom. The molecular formula is C20H18ClN3O4. The van der Waals surface area contributed by atoms with Crippen LogP contribution in [0, 0.1) is 0 Å². The molecule has 3 aromatic rings. The van der Waals surface area contributed by atoms with Crippen LogP contribution in [0.2, 0.25) is 5.02 Å². The highest BCUT2D eigenvalue weighted by Crippen LogP contribution is 2.15. The number of rotatable bonds is 6. The first-order valence-electron chi connectivity index (χ1n) is 8.66. The van der Waals surface area contributed by atoms with Crippen molar-refractivity contribution in [2.45, 2.75) is 19.4 Å². The minimum absolute atomic E-state index is 0.0124. The zero-order valence-corrected chi connectivity index (χ0v) is 15.8. The highest BCUT2D eigenvalue weighted by atomic mass is 35.5. The molecule has 0 saturated carbocycles. The molecule has 8 heteroatoms. The average molecular weight is 400 g/mol. The van der Waals surface area contributed by atoms with Crippen LogP contribution in [0.25, 0.3) is 10.9 Å². The molecule has 1 amide bonds. The van der Waals surface area contributed by atoms with E-state index in [9.17, 15) is 14.4 Å². The molecular weight excluding hydrogens is 382 g/mol. The van der Waals surface area contributed by atoms with Gasteiger partial charge in [0.2, 0.25) is 0 Å². The summed E-state index contributed by atoms with van der Waals surface area (Å²) in [5.74, 6) is -0.556. The van der Waals surface area contributed by atoms with Crippen LogP contribution in [0.4, 0.5) is 0 Å². The standard InChI is InChI=1S/C20H18ClN3O4/c1-12(18-23-16-5-3-2-4-15(16)20(27)24-18)28-17(25)10-11-22-19(26)13-6-8-14(21)9-7-13/h2-9,12H,10-11H2,1H3,(H,22,26)(H,23,24,27)/t12-/m0/s1. The zero-order valence-electron chi connectivity index (χ0n) is 15.1. The summed E-state index contributed by atoms with van der Waals surface area (Å²) in [5.41, 5.74) is 0.683. The molecule has 0 aliphatic heterocycles. The van der Waals surface area contributed by atoms with Crippen LogP contribution in [0.5, 0.6) is 0 Å². The molecule has 7 nitrogen and oxygen atoms in total. The number of aromatic amines is 1. The van der Waals surface area contributed by atoms with Crippen LogP contribution < -0.4 is 10.9 Å². The van der Waals surface area contributed by atoms with Gasteiger partial charge in [-0.05, 0) is 43.3 Å². The summed E-state index contributed by atoms with van der Waals surface area (Å²) in [7, 11) is 0. The van der Waals surface area contributed by atoms with Crippen LogP contribution in [-0.4, -0.2) is 28.4 Å². The Labute approximate surface area is 165 Å². The molecule has 1 heterocycles. The molecule has 0 aliphatic rings. The van der Waals surface area contributed by atoms with Gasteiger partial charge >= 0.3 is 5.97 Å². The number of ether oxygens (including phenoxy) is 1. The van der Waals surface area contributed by atoms with Gasteiger partial charge in [0, 0.05) is 17.1 Å². The first-order valence-corrected chi connectivity index (χ1v) is 9.04. The molecule has 2 aromatic carbocycles. The molecule has 0 bridgehead atoms. The van der Waals surface area contributed by atoms with Crippen LogP contribution in [-0.2, 0) is 9.53 Å². The lowest BCUT2D eigenvalue weighted by atomic mass is 10.2. The van der Waals surface area contributed by atoms with Gasteiger partial charge in [0.05, 0.1) is 17.3 Å². The Kier molecular flexibility index (Phi) is 6.06. The molecule has 1 atom stereocenters. The van der Waals surface area contributed by atoms with Gasteiger partial charge in [-0.1, -0.05) is 23.7 Å². The summed E-state index contributed by atoms with van der Waals surface area (Å²) in [5, 5.41) is 3.64. The second-order valence-corrected chi connectivity index (χ2v) is 6.55. The van der Waals surface area contributed by atoms with Crippen molar-refractivity contribution in [3.8, 4) is 0 Å². The minimum Gasteiger partial charge on any atom is -0.454 e. The number of nitrogens with one attached hydrogen (secondary N) is 2. The maximum absolute atomic E-state index is 12.1. The van der Waals surface area contributed by atoms with E-state index in [0.717, 1.165) is 0 Å². The second kappa shape index (κ2) is 8.67. The van der Waals surface area contributed by atoms with Crippen molar-refractivity contribution < 1.29 is 14.3 Å². The minimum atomic E-state index is -0.725. The Bertz CT molecular complexity index is 1060. The first-order chi connectivity index (χ1) is 13.4. The average Bonchev–Trinajstić information content (AvgIpc) is 2.68. The summed E-state index contributed by atoms with van der Waals surface area (Å²) in [6, 6.07) is 13.3. The van der Waals surface area contributed by atoms with Crippen molar-refractivity contribution in [3.05, 3.63) is 75.3 Å². The van der Waals surface area contributed by atoms with Crippen LogP contribution in [0.15, 0.2) is 53.3 Å². The molecule has 28 heavy (non-hydrogen) atoms. The second-order valence-electron chi connectivity index (χ2n) is 6.11. The number of carbonyl (C=O) groups is 2. The van der Waals surface area contributed by atoms with Crippen molar-refractivity contribution in [1.82, 2.24) is 15.3 Å². The van der Waals surface area contributed by atoms with E-state index < -0.39 is 12.1 Å². The number of fused-ring (bicyclic) bond motifs is 1. The summed E-state index contributed by atoms with van der Waals surface area (Å²) >= 11 is 5.78. The lowest BCUT2D eigenvalue weighted by molar-refractivity contribution is -0.148. The molecule has 0 fully saturated rings. The molecule has 0 spiro atoms. The fourth-order valence-electron chi connectivity index (χ4n) is 2.59. The first kappa shape index (κ1) is 19.6. The molecule has 144 valence electrons. The van der Waals surface area contributed by atoms with Gasteiger partial charge in [-0.3, -0.25) is 14.4 Å². The van der Waals surface area contributed by atoms with Gasteiger partial charge in [0.25, 0.3) is 11.5 Å². The SMILES string of the molecule is C[C@H](OC(=O)CCNC(=O)c1ccc(Cl)cc1)c1nc2ccccc2c(=O)[nH]1. The van der Waals surface area contributed by atoms with Gasteiger partial charge in [0.15, 0.2) is 11.9 Å². The Hall–Kier alpha value is -3.19. The topological polar surface area (TPSA) is 101 Å². The number of hydrogen-bond acceptors (Lipinski definition) is 5. The van der Waals surface area contributed by atoms with Crippen molar-refractivity contribution in [1.29, 1.82) is 0 Å². The monoisotopic (exact) mass is 399 g/mol. The number of benzene rings is 2. The van der Waals surface area contributed by atoms with Crippen molar-refractivity contribution >= 4 is 34.4 Å². The molecule has 2 N–H and O–H groups in total. The van der Waals surface area contributed by atoms with Gasteiger partial charge in [-0.15, -0.1) is 0 Å². The van der Waals surface area contributed by atoms with E-state index in [2.05, 4.69) is 15.3 Å². The van der Waals surface area contributed by atoms with E-state index in [4.69, 9.17) is 16.3 Å². The van der Waals surface area contributed by atoms with Crippen LogP contribution in [0.3, 0.4) is 0 Å². The lowest BCUT2D eigenvalue weighted by Crippen LogP contribution is -2.27. The van der Waals surface area contributed by atoms with Crippen LogP contribution in [0.1, 0.15) is 35.6 Å². The number of hydrogen-bond donors (Lipinski definition) is 2. The quantitative estimate of drug-likeness (QED) is 0.620. The number of para-hydroxylation sites is 1. The third-order valence-electron chi connectivity index (χ3n) is 4.05. The molecule has 0 aliphatic carbocycles. The van der Waals surface area contributed by atoms with E-state index in [-0.39, 0.29) is 30.3 Å². The number of H-pyrrole nitrogens is 1. The number of aromatic nitrogens is 2. The Morgan fingerprint density at radius 3 is 2.64 bits per heavy atom. The number of esters is 1. The highest BCUT2D eigenvalue weighted by molar-refractivity contribution is 6.30. The molecule has 0 saturated heterocycles.